The summed E-state index contributed by atoms with van der Waals surface area (Å²) in [6, 6.07) is 7.45. The Morgan fingerprint density at radius 2 is 2.16 bits per heavy atom. The van der Waals surface area contributed by atoms with Crippen LogP contribution in [-0.2, 0) is 6.42 Å². The van der Waals surface area contributed by atoms with E-state index in [-0.39, 0.29) is 29.4 Å². The Morgan fingerprint density at radius 3 is 2.96 bits per heavy atom. The number of nitrogen functional groups attached to an aromatic ring is 1. The molecule has 1 aromatic heterocycles. The number of H-pyrrole nitrogens is 1. The third-order valence-electron chi connectivity index (χ3n) is 4.99. The molecule has 0 saturated heterocycles. The average molecular weight is 339 g/mol. The van der Waals surface area contributed by atoms with Crippen molar-refractivity contribution in [3.8, 4) is 0 Å². The maximum atomic E-state index is 12.6. The fourth-order valence-electron chi connectivity index (χ4n) is 3.64. The van der Waals surface area contributed by atoms with Crippen molar-refractivity contribution in [3.63, 3.8) is 0 Å². The number of amides is 1. The van der Waals surface area contributed by atoms with Gasteiger partial charge in [-0.2, -0.15) is 0 Å². The molecule has 0 radical (unpaired) electrons. The van der Waals surface area contributed by atoms with Gasteiger partial charge in [-0.1, -0.05) is 12.1 Å². The first kappa shape index (κ1) is 15.7. The summed E-state index contributed by atoms with van der Waals surface area (Å²) in [5, 5.41) is 6.43. The summed E-state index contributed by atoms with van der Waals surface area (Å²) < 4.78 is 0. The Bertz CT molecular complexity index is 870. The second-order valence-electron chi connectivity index (χ2n) is 6.76. The van der Waals surface area contributed by atoms with Gasteiger partial charge in [-0.25, -0.2) is 4.98 Å². The lowest BCUT2D eigenvalue weighted by Gasteiger charge is -2.35. The van der Waals surface area contributed by atoms with Crippen molar-refractivity contribution in [2.75, 3.05) is 17.6 Å². The number of aromatic amines is 1. The third-order valence-corrected chi connectivity index (χ3v) is 4.99. The molecule has 5 N–H and O–H groups in total. The number of fused-ring (bicyclic) bond motifs is 1. The summed E-state index contributed by atoms with van der Waals surface area (Å²) >= 11 is 0. The van der Waals surface area contributed by atoms with E-state index in [2.05, 4.69) is 26.7 Å². The van der Waals surface area contributed by atoms with Crippen molar-refractivity contribution in [2.24, 2.45) is 0 Å². The van der Waals surface area contributed by atoms with Gasteiger partial charge in [0.25, 0.3) is 11.5 Å². The fraction of sp³-hybridized carbons (Fsp3) is 0.389. The van der Waals surface area contributed by atoms with E-state index >= 15 is 0 Å². The normalized spacial score (nSPS) is 21.6. The van der Waals surface area contributed by atoms with Crippen LogP contribution in [0.15, 0.2) is 29.1 Å². The highest BCUT2D eigenvalue weighted by Crippen LogP contribution is 2.36. The zero-order valence-corrected chi connectivity index (χ0v) is 13.8. The molecule has 4 rings (SSSR count). The number of anilines is 2. The summed E-state index contributed by atoms with van der Waals surface area (Å²) in [5.41, 5.74) is 8.92. The lowest BCUT2D eigenvalue weighted by atomic mass is 9.78. The van der Waals surface area contributed by atoms with Gasteiger partial charge in [-0.15, -0.1) is 0 Å². The molecule has 0 atom stereocenters. The molecule has 1 saturated carbocycles. The maximum Gasteiger partial charge on any atom is 0.253 e. The second-order valence-corrected chi connectivity index (χ2v) is 6.76. The molecule has 1 aromatic carbocycles. The number of carbonyl (C=O) groups is 1. The monoisotopic (exact) mass is 339 g/mol. The lowest BCUT2D eigenvalue weighted by Crippen LogP contribution is -2.44. The fourth-order valence-corrected chi connectivity index (χ4v) is 3.64. The standard InChI is InChI=1S/C18H21N5O2/c19-18-22-14(9-15(24)23-18)11-7-12(8-11)21-17(25)13-5-1-3-10-4-2-6-20-16(10)13/h1,3,5,9,11-12,20H,2,4,6-8H2,(H,21,25)(H3,19,22,23,24). The van der Waals surface area contributed by atoms with Crippen molar-refractivity contribution < 1.29 is 4.79 Å². The van der Waals surface area contributed by atoms with Gasteiger partial charge in [0.15, 0.2) is 0 Å². The Hall–Kier alpha value is -2.83. The SMILES string of the molecule is Nc1nc(C2CC(NC(=O)c3cccc4c3NCCC4)C2)cc(=O)[nH]1. The van der Waals surface area contributed by atoms with Crippen molar-refractivity contribution in [2.45, 2.75) is 37.6 Å². The molecular weight excluding hydrogens is 318 g/mol. The molecule has 1 aliphatic heterocycles. The minimum absolute atomic E-state index is 0.0481. The molecular formula is C18H21N5O2. The van der Waals surface area contributed by atoms with E-state index in [1.807, 2.05) is 12.1 Å². The average Bonchev–Trinajstić information content (AvgIpc) is 2.56. The van der Waals surface area contributed by atoms with Gasteiger partial charge in [0.1, 0.15) is 0 Å². The first-order valence-electron chi connectivity index (χ1n) is 8.63. The van der Waals surface area contributed by atoms with Crippen LogP contribution in [0, 0.1) is 0 Å². The van der Waals surface area contributed by atoms with Crippen LogP contribution < -0.4 is 21.9 Å². The number of aromatic nitrogens is 2. The lowest BCUT2D eigenvalue weighted by molar-refractivity contribution is 0.0909. The summed E-state index contributed by atoms with van der Waals surface area (Å²) in [4.78, 5) is 30.7. The van der Waals surface area contributed by atoms with Crippen molar-refractivity contribution in [1.29, 1.82) is 0 Å². The molecule has 0 bridgehead atoms. The molecule has 1 amide bonds. The summed E-state index contributed by atoms with van der Waals surface area (Å²) in [5.74, 6) is 0.253. The van der Waals surface area contributed by atoms with Gasteiger partial charge in [0.05, 0.1) is 16.9 Å². The summed E-state index contributed by atoms with van der Waals surface area (Å²) in [7, 11) is 0. The maximum absolute atomic E-state index is 12.6. The van der Waals surface area contributed by atoms with E-state index in [9.17, 15) is 9.59 Å². The van der Waals surface area contributed by atoms with Gasteiger partial charge < -0.3 is 16.4 Å². The third kappa shape index (κ3) is 3.09. The topological polar surface area (TPSA) is 113 Å². The number of nitrogens with one attached hydrogen (secondary N) is 3. The number of hydrogen-bond donors (Lipinski definition) is 4. The zero-order valence-electron chi connectivity index (χ0n) is 13.8. The zero-order chi connectivity index (χ0) is 17.4. The minimum atomic E-state index is -0.239. The Labute approximate surface area is 145 Å². The first-order valence-corrected chi connectivity index (χ1v) is 8.63. The van der Waals surface area contributed by atoms with Crippen LogP contribution in [0.1, 0.15) is 46.8 Å². The quantitative estimate of drug-likeness (QED) is 0.675. The molecule has 130 valence electrons. The van der Waals surface area contributed by atoms with Crippen LogP contribution >= 0.6 is 0 Å². The largest absolute Gasteiger partial charge is 0.384 e. The van der Waals surface area contributed by atoms with Crippen molar-refractivity contribution >= 4 is 17.5 Å². The predicted octanol–water partition coefficient (Wildman–Crippen LogP) is 1.39. The van der Waals surface area contributed by atoms with Crippen LogP contribution in [0.25, 0.3) is 0 Å². The molecule has 7 heteroatoms. The molecule has 1 aliphatic carbocycles. The molecule has 1 fully saturated rings. The van der Waals surface area contributed by atoms with Crippen LogP contribution in [0.4, 0.5) is 11.6 Å². The van der Waals surface area contributed by atoms with Gasteiger partial charge in [-0.05, 0) is 37.3 Å². The van der Waals surface area contributed by atoms with Crippen LogP contribution in [0.5, 0.6) is 0 Å². The van der Waals surface area contributed by atoms with Crippen molar-refractivity contribution in [1.82, 2.24) is 15.3 Å². The van der Waals surface area contributed by atoms with E-state index in [1.54, 1.807) is 0 Å². The second kappa shape index (κ2) is 6.23. The number of carbonyl (C=O) groups excluding carboxylic acids is 1. The number of hydrogen-bond acceptors (Lipinski definition) is 5. The van der Waals surface area contributed by atoms with E-state index in [1.165, 1.54) is 11.6 Å². The number of aryl methyl sites for hydroxylation is 1. The van der Waals surface area contributed by atoms with Crippen LogP contribution in [0.3, 0.4) is 0 Å². The molecule has 25 heavy (non-hydrogen) atoms. The number of nitrogens with zero attached hydrogens (tertiary/aromatic N) is 1. The number of benzene rings is 1. The summed E-state index contributed by atoms with van der Waals surface area (Å²) in [6.45, 7) is 0.901. The molecule has 0 unspecified atom stereocenters. The highest BCUT2D eigenvalue weighted by molar-refractivity contribution is 6.00. The smallest absolute Gasteiger partial charge is 0.253 e. The van der Waals surface area contributed by atoms with E-state index < -0.39 is 0 Å². The van der Waals surface area contributed by atoms with E-state index in [0.29, 0.717) is 11.3 Å². The van der Waals surface area contributed by atoms with Gasteiger partial charge in [0, 0.05) is 24.6 Å². The van der Waals surface area contributed by atoms with Crippen molar-refractivity contribution in [3.05, 3.63) is 51.4 Å². The highest BCUT2D eigenvalue weighted by atomic mass is 16.1. The number of para-hydroxylation sites is 1. The van der Waals surface area contributed by atoms with Crippen LogP contribution in [0.2, 0.25) is 0 Å². The molecule has 0 spiro atoms. The van der Waals surface area contributed by atoms with E-state index in [4.69, 9.17) is 5.73 Å². The molecule has 2 aromatic rings. The van der Waals surface area contributed by atoms with Gasteiger partial charge >= 0.3 is 0 Å². The summed E-state index contributed by atoms with van der Waals surface area (Å²) in [6.07, 6.45) is 3.63. The Kier molecular flexibility index (Phi) is 3.91. The van der Waals surface area contributed by atoms with Crippen LogP contribution in [-0.4, -0.2) is 28.5 Å². The Morgan fingerprint density at radius 1 is 1.32 bits per heavy atom. The number of nitrogens with two attached hydrogens (primary N) is 1. The predicted molar refractivity (Wildman–Crippen MR) is 95.8 cm³/mol. The highest BCUT2D eigenvalue weighted by Gasteiger charge is 2.33. The van der Waals surface area contributed by atoms with Gasteiger partial charge in [-0.3, -0.25) is 14.6 Å². The molecule has 2 heterocycles. The molecule has 7 nitrogen and oxygen atoms in total. The number of rotatable bonds is 3. The molecule has 2 aliphatic rings. The van der Waals surface area contributed by atoms with E-state index in [0.717, 1.165) is 37.9 Å². The van der Waals surface area contributed by atoms with Gasteiger partial charge in [0.2, 0.25) is 5.95 Å². The minimum Gasteiger partial charge on any atom is -0.384 e. The Balaban J connectivity index is 1.41. The first-order chi connectivity index (χ1) is 12.1.